The highest BCUT2D eigenvalue weighted by Gasteiger charge is 2.62. The molecule has 0 bridgehead atoms. The lowest BCUT2D eigenvalue weighted by Crippen LogP contribution is -2.57. The molecule has 9 atom stereocenters. The van der Waals surface area contributed by atoms with E-state index in [0.29, 0.717) is 16.7 Å². The molecule has 0 aromatic rings. The SMILES string of the molecule is CC(C)CCC[C@@H](C)[C@H]1CC[C@H]2[C@@H]3[C@H](O)C[C@H]4CCCC[C@]4(C)[C@H]3CC[C@]12C. The number of hydrogen-bond acceptors (Lipinski definition) is 1. The van der Waals surface area contributed by atoms with Gasteiger partial charge in [0.05, 0.1) is 6.10 Å². The summed E-state index contributed by atoms with van der Waals surface area (Å²) < 4.78 is 0. The van der Waals surface area contributed by atoms with Gasteiger partial charge in [0, 0.05) is 0 Å². The van der Waals surface area contributed by atoms with Gasteiger partial charge in [0.25, 0.3) is 0 Å². The lowest BCUT2D eigenvalue weighted by molar-refractivity contribution is -0.164. The van der Waals surface area contributed by atoms with E-state index in [-0.39, 0.29) is 6.10 Å². The zero-order valence-corrected chi connectivity index (χ0v) is 19.6. The molecule has 4 fully saturated rings. The van der Waals surface area contributed by atoms with Crippen molar-refractivity contribution in [3.05, 3.63) is 0 Å². The molecule has 162 valence electrons. The monoisotopic (exact) mass is 388 g/mol. The van der Waals surface area contributed by atoms with Crippen LogP contribution in [0.3, 0.4) is 0 Å². The van der Waals surface area contributed by atoms with Gasteiger partial charge in [-0.25, -0.2) is 0 Å². The summed E-state index contributed by atoms with van der Waals surface area (Å²) in [5, 5.41) is 11.3. The van der Waals surface area contributed by atoms with Crippen LogP contribution in [0, 0.1) is 52.3 Å². The zero-order valence-electron chi connectivity index (χ0n) is 19.6. The summed E-state index contributed by atoms with van der Waals surface area (Å²) in [5.74, 6) is 5.60. The number of rotatable bonds is 5. The van der Waals surface area contributed by atoms with Crippen LogP contribution in [0.1, 0.15) is 112 Å². The number of aliphatic hydroxyl groups is 1. The van der Waals surface area contributed by atoms with Crippen LogP contribution in [0.25, 0.3) is 0 Å². The first-order valence-corrected chi connectivity index (χ1v) is 13.0. The Labute approximate surface area is 175 Å². The molecule has 0 aromatic heterocycles. The van der Waals surface area contributed by atoms with E-state index >= 15 is 0 Å². The predicted molar refractivity (Wildman–Crippen MR) is 119 cm³/mol. The van der Waals surface area contributed by atoms with Crippen molar-refractivity contribution < 1.29 is 5.11 Å². The Morgan fingerprint density at radius 1 is 0.857 bits per heavy atom. The van der Waals surface area contributed by atoms with Crippen LogP contribution >= 0.6 is 0 Å². The summed E-state index contributed by atoms with van der Waals surface area (Å²) in [6, 6.07) is 0. The minimum atomic E-state index is -0.0132. The highest BCUT2D eigenvalue weighted by molar-refractivity contribution is 5.11. The van der Waals surface area contributed by atoms with E-state index in [4.69, 9.17) is 0 Å². The van der Waals surface area contributed by atoms with Gasteiger partial charge in [0.1, 0.15) is 0 Å². The van der Waals surface area contributed by atoms with E-state index in [1.807, 2.05) is 0 Å². The molecule has 0 radical (unpaired) electrons. The third-order valence-electron chi connectivity index (χ3n) is 10.8. The molecule has 1 nitrogen and oxygen atoms in total. The van der Waals surface area contributed by atoms with E-state index in [2.05, 4.69) is 34.6 Å². The molecule has 1 N–H and O–H groups in total. The molecule has 0 heterocycles. The van der Waals surface area contributed by atoms with Gasteiger partial charge in [-0.05, 0) is 97.2 Å². The maximum Gasteiger partial charge on any atom is 0.0577 e. The average molecular weight is 389 g/mol. The number of hydrogen-bond donors (Lipinski definition) is 1. The molecule has 0 aliphatic heterocycles. The van der Waals surface area contributed by atoms with Crippen LogP contribution in [0.15, 0.2) is 0 Å². The predicted octanol–water partition coefficient (Wildman–Crippen LogP) is 7.47. The second-order valence-electron chi connectivity index (χ2n) is 12.6. The van der Waals surface area contributed by atoms with Crippen LogP contribution in [-0.2, 0) is 0 Å². The van der Waals surface area contributed by atoms with Crippen LogP contribution in [0.2, 0.25) is 0 Å². The van der Waals surface area contributed by atoms with Crippen LogP contribution in [-0.4, -0.2) is 11.2 Å². The Morgan fingerprint density at radius 2 is 1.61 bits per heavy atom. The maximum atomic E-state index is 11.3. The van der Waals surface area contributed by atoms with Crippen LogP contribution < -0.4 is 0 Å². The molecule has 1 heteroatoms. The van der Waals surface area contributed by atoms with E-state index in [0.717, 1.165) is 41.9 Å². The summed E-state index contributed by atoms with van der Waals surface area (Å²) in [4.78, 5) is 0. The molecular formula is C27H48O. The Morgan fingerprint density at radius 3 is 2.36 bits per heavy atom. The molecule has 0 spiro atoms. The summed E-state index contributed by atoms with van der Waals surface area (Å²) in [5.41, 5.74) is 1.03. The zero-order chi connectivity index (χ0) is 20.1. The molecular weight excluding hydrogens is 340 g/mol. The topological polar surface area (TPSA) is 20.2 Å². The van der Waals surface area contributed by atoms with Crippen LogP contribution in [0.5, 0.6) is 0 Å². The standard InChI is InChI=1S/C27H48O/c1-18(2)9-8-10-19(3)21-12-13-22-25-23(14-16-27(21,22)5)26(4)15-7-6-11-20(26)17-24(25)28/h18-25,28H,6-17H2,1-5H3/t19-,20-,21-,22+,23+,24-,25+,26+,27-/m1/s1. The van der Waals surface area contributed by atoms with Gasteiger partial charge in [0.15, 0.2) is 0 Å². The fraction of sp³-hybridized carbons (Fsp3) is 1.00. The first kappa shape index (κ1) is 21.2. The van der Waals surface area contributed by atoms with Crippen molar-refractivity contribution in [2.24, 2.45) is 52.3 Å². The van der Waals surface area contributed by atoms with E-state index in [1.165, 1.54) is 70.6 Å². The van der Waals surface area contributed by atoms with Crippen LogP contribution in [0.4, 0.5) is 0 Å². The van der Waals surface area contributed by atoms with E-state index in [1.54, 1.807) is 0 Å². The van der Waals surface area contributed by atoms with Crippen molar-refractivity contribution in [1.82, 2.24) is 0 Å². The van der Waals surface area contributed by atoms with Gasteiger partial charge in [-0.2, -0.15) is 0 Å². The van der Waals surface area contributed by atoms with Crippen molar-refractivity contribution in [2.75, 3.05) is 0 Å². The number of fused-ring (bicyclic) bond motifs is 5. The molecule has 0 unspecified atom stereocenters. The van der Waals surface area contributed by atoms with Crippen molar-refractivity contribution in [1.29, 1.82) is 0 Å². The van der Waals surface area contributed by atoms with Crippen molar-refractivity contribution in [3.8, 4) is 0 Å². The van der Waals surface area contributed by atoms with Gasteiger partial charge in [-0.1, -0.05) is 66.7 Å². The Kier molecular flexibility index (Phi) is 5.98. The molecule has 4 aliphatic rings. The second kappa shape index (κ2) is 7.90. The minimum absolute atomic E-state index is 0.0132. The first-order chi connectivity index (χ1) is 13.3. The largest absolute Gasteiger partial charge is 0.393 e. The Hall–Kier alpha value is -0.0400. The van der Waals surface area contributed by atoms with E-state index in [9.17, 15) is 5.11 Å². The minimum Gasteiger partial charge on any atom is -0.393 e. The van der Waals surface area contributed by atoms with Gasteiger partial charge < -0.3 is 5.11 Å². The van der Waals surface area contributed by atoms with Crippen molar-refractivity contribution in [3.63, 3.8) is 0 Å². The average Bonchev–Trinajstić information content (AvgIpc) is 2.99. The van der Waals surface area contributed by atoms with Crippen molar-refractivity contribution >= 4 is 0 Å². The summed E-state index contributed by atoms with van der Waals surface area (Å²) in [7, 11) is 0. The fourth-order valence-electron chi connectivity index (χ4n) is 9.28. The highest BCUT2D eigenvalue weighted by atomic mass is 16.3. The lowest BCUT2D eigenvalue weighted by Gasteiger charge is -2.62. The number of aliphatic hydroxyl groups excluding tert-OH is 1. The smallest absolute Gasteiger partial charge is 0.0577 e. The maximum absolute atomic E-state index is 11.3. The normalized spacial score (nSPS) is 49.4. The molecule has 0 aromatic carbocycles. The van der Waals surface area contributed by atoms with Gasteiger partial charge >= 0.3 is 0 Å². The van der Waals surface area contributed by atoms with Gasteiger partial charge in [-0.3, -0.25) is 0 Å². The summed E-state index contributed by atoms with van der Waals surface area (Å²) in [6.45, 7) is 12.6. The van der Waals surface area contributed by atoms with E-state index < -0.39 is 0 Å². The highest BCUT2D eigenvalue weighted by Crippen LogP contribution is 2.68. The fourth-order valence-corrected chi connectivity index (χ4v) is 9.28. The third kappa shape index (κ3) is 3.40. The molecule has 28 heavy (non-hydrogen) atoms. The summed E-state index contributed by atoms with van der Waals surface area (Å²) >= 11 is 0. The van der Waals surface area contributed by atoms with Gasteiger partial charge in [0.2, 0.25) is 0 Å². The van der Waals surface area contributed by atoms with Crippen molar-refractivity contribution in [2.45, 2.75) is 118 Å². The quantitative estimate of drug-likeness (QED) is 0.518. The van der Waals surface area contributed by atoms with Gasteiger partial charge in [-0.15, -0.1) is 0 Å². The molecule has 0 saturated heterocycles. The lowest BCUT2D eigenvalue weighted by atomic mass is 9.44. The molecule has 4 saturated carbocycles. The Balaban J connectivity index is 1.50. The molecule has 0 amide bonds. The Bertz CT molecular complexity index is 540. The molecule has 4 rings (SSSR count). The first-order valence-electron chi connectivity index (χ1n) is 13.0. The second-order valence-corrected chi connectivity index (χ2v) is 12.6. The third-order valence-corrected chi connectivity index (χ3v) is 10.8. The molecule has 4 aliphatic carbocycles. The summed E-state index contributed by atoms with van der Waals surface area (Å²) in [6.07, 6.45) is 16.6.